The molecule has 2 fully saturated rings. The summed E-state index contributed by atoms with van der Waals surface area (Å²) in [6, 6.07) is 9.46. The number of imidazole rings is 1. The van der Waals surface area contributed by atoms with Gasteiger partial charge in [0, 0.05) is 57.0 Å². The van der Waals surface area contributed by atoms with Crippen LogP contribution >= 0.6 is 0 Å². The Morgan fingerprint density at radius 1 is 1.12 bits per heavy atom. The number of rotatable bonds is 6. The van der Waals surface area contributed by atoms with Crippen molar-refractivity contribution in [1.29, 1.82) is 0 Å². The highest BCUT2D eigenvalue weighted by atomic mass is 16.5. The highest BCUT2D eigenvalue weighted by Gasteiger charge is 2.34. The molecule has 1 aliphatic heterocycles. The summed E-state index contributed by atoms with van der Waals surface area (Å²) in [5.74, 6) is 1.09. The Kier molecular flexibility index (Phi) is 5.61. The van der Waals surface area contributed by atoms with Crippen molar-refractivity contribution in [3.8, 4) is 0 Å². The number of amides is 1. The summed E-state index contributed by atoms with van der Waals surface area (Å²) >= 11 is 0. The van der Waals surface area contributed by atoms with E-state index in [4.69, 9.17) is 4.74 Å². The fraction of sp³-hybridized carbons (Fsp3) is 0.417. The molecule has 1 amide bonds. The Balaban J connectivity index is 1.21. The van der Waals surface area contributed by atoms with E-state index >= 15 is 0 Å². The lowest BCUT2D eigenvalue weighted by atomic mass is 10.1. The summed E-state index contributed by atoms with van der Waals surface area (Å²) in [6.07, 6.45) is 4.56. The molecule has 5 rings (SSSR count). The van der Waals surface area contributed by atoms with E-state index < -0.39 is 0 Å². The number of nitrogens with zero attached hydrogens (tertiary/aromatic N) is 4. The van der Waals surface area contributed by atoms with Crippen molar-refractivity contribution in [2.75, 3.05) is 33.3 Å². The van der Waals surface area contributed by atoms with Crippen LogP contribution in [0.5, 0.6) is 0 Å². The van der Waals surface area contributed by atoms with Gasteiger partial charge in [-0.3, -0.25) is 14.7 Å². The van der Waals surface area contributed by atoms with Crippen LogP contribution in [0.15, 0.2) is 36.5 Å². The number of fused-ring (bicyclic) bond motifs is 1. The summed E-state index contributed by atoms with van der Waals surface area (Å²) in [5, 5.41) is 0. The molecule has 1 saturated heterocycles. The van der Waals surface area contributed by atoms with Crippen LogP contribution in [0.4, 0.5) is 0 Å². The second-order valence-electron chi connectivity index (χ2n) is 8.61. The van der Waals surface area contributed by atoms with Gasteiger partial charge in [0.25, 0.3) is 0 Å². The minimum absolute atomic E-state index is 0.301. The van der Waals surface area contributed by atoms with Crippen molar-refractivity contribution in [2.24, 2.45) is 5.92 Å². The normalized spacial score (nSPS) is 17.0. The van der Waals surface area contributed by atoms with Crippen molar-refractivity contribution in [3.63, 3.8) is 0 Å². The van der Waals surface area contributed by atoms with Gasteiger partial charge in [-0.1, -0.05) is 0 Å². The predicted octanol–water partition coefficient (Wildman–Crippen LogP) is 2.39. The van der Waals surface area contributed by atoms with Gasteiger partial charge in [0.2, 0.25) is 5.91 Å². The summed E-state index contributed by atoms with van der Waals surface area (Å²) in [4.78, 5) is 40.8. The first-order chi connectivity index (χ1) is 15.6. The zero-order chi connectivity index (χ0) is 22.1. The van der Waals surface area contributed by atoms with E-state index in [1.54, 1.807) is 12.1 Å². The van der Waals surface area contributed by atoms with Crippen molar-refractivity contribution < 1.29 is 14.3 Å². The van der Waals surface area contributed by atoms with Crippen molar-refractivity contribution in [1.82, 2.24) is 24.8 Å². The summed E-state index contributed by atoms with van der Waals surface area (Å²) in [6.45, 7) is 4.30. The topological polar surface area (TPSA) is 91.4 Å². The lowest BCUT2D eigenvalue weighted by molar-refractivity contribution is -0.134. The molecular weight excluding hydrogens is 406 g/mol. The third-order valence-corrected chi connectivity index (χ3v) is 6.20. The number of carbonyl (C=O) groups excluding carboxylic acids is 2. The number of nitrogens with one attached hydrogen (secondary N) is 1. The fourth-order valence-corrected chi connectivity index (χ4v) is 4.26. The van der Waals surface area contributed by atoms with Crippen molar-refractivity contribution >= 4 is 22.9 Å². The number of methoxy groups -OCH3 is 1. The first-order valence-electron chi connectivity index (χ1n) is 11.1. The van der Waals surface area contributed by atoms with E-state index in [-0.39, 0.29) is 5.97 Å². The van der Waals surface area contributed by atoms with Crippen LogP contribution in [0.25, 0.3) is 11.0 Å². The van der Waals surface area contributed by atoms with Crippen LogP contribution in [0.3, 0.4) is 0 Å². The zero-order valence-electron chi connectivity index (χ0n) is 18.2. The van der Waals surface area contributed by atoms with E-state index in [2.05, 4.69) is 25.9 Å². The third-order valence-electron chi connectivity index (χ3n) is 6.20. The molecule has 2 aliphatic rings. The molecule has 1 N–H and O–H groups in total. The molecule has 3 aromatic rings. The van der Waals surface area contributed by atoms with Crippen molar-refractivity contribution in [2.45, 2.75) is 25.8 Å². The monoisotopic (exact) mass is 433 g/mol. The molecule has 1 saturated carbocycles. The number of aromatic amines is 1. The molecule has 166 valence electrons. The zero-order valence-corrected chi connectivity index (χ0v) is 18.2. The van der Waals surface area contributed by atoms with Gasteiger partial charge in [0.1, 0.15) is 5.82 Å². The molecule has 32 heavy (non-hydrogen) atoms. The quantitative estimate of drug-likeness (QED) is 0.600. The van der Waals surface area contributed by atoms with Gasteiger partial charge in [-0.25, -0.2) is 9.78 Å². The van der Waals surface area contributed by atoms with Gasteiger partial charge < -0.3 is 14.6 Å². The maximum Gasteiger partial charge on any atom is 0.337 e. The molecule has 0 bridgehead atoms. The minimum Gasteiger partial charge on any atom is -0.465 e. The highest BCUT2D eigenvalue weighted by molar-refractivity contribution is 5.93. The Labute approximate surface area is 186 Å². The molecule has 1 aromatic carbocycles. The molecule has 0 radical (unpaired) electrons. The average Bonchev–Trinajstić information content (AvgIpc) is 3.58. The van der Waals surface area contributed by atoms with Gasteiger partial charge in [0.15, 0.2) is 0 Å². The molecule has 3 heterocycles. The maximum absolute atomic E-state index is 12.2. The average molecular weight is 434 g/mol. The number of benzene rings is 1. The van der Waals surface area contributed by atoms with Crippen LogP contribution in [0, 0.1) is 5.92 Å². The Morgan fingerprint density at radius 2 is 1.94 bits per heavy atom. The lowest BCUT2D eigenvalue weighted by Gasteiger charge is -2.35. The molecule has 2 aromatic heterocycles. The number of aromatic nitrogens is 3. The molecule has 8 nitrogen and oxygen atoms in total. The van der Waals surface area contributed by atoms with Gasteiger partial charge in [0.05, 0.1) is 23.7 Å². The van der Waals surface area contributed by atoms with E-state index in [0.717, 1.165) is 68.1 Å². The van der Waals surface area contributed by atoms with E-state index in [9.17, 15) is 9.59 Å². The first kappa shape index (κ1) is 20.6. The van der Waals surface area contributed by atoms with Gasteiger partial charge in [-0.2, -0.15) is 0 Å². The summed E-state index contributed by atoms with van der Waals surface area (Å²) in [5.41, 5.74) is 4.26. The molecule has 1 aliphatic carbocycles. The second-order valence-corrected chi connectivity index (χ2v) is 8.61. The maximum atomic E-state index is 12.2. The SMILES string of the molecule is COC(=O)c1ccc2nc(Cc3cc(CN4CCN(C(=O)C5CC5)CC4)ccn3)[nH]c2c1. The van der Waals surface area contributed by atoms with Crippen molar-refractivity contribution in [3.05, 3.63) is 59.2 Å². The van der Waals surface area contributed by atoms with Gasteiger partial charge in [-0.05, 0) is 48.7 Å². The number of H-pyrrole nitrogens is 1. The number of esters is 1. The van der Waals surface area contributed by atoms with Crippen LogP contribution in [-0.2, 0) is 22.5 Å². The predicted molar refractivity (Wildman–Crippen MR) is 119 cm³/mol. The minimum atomic E-state index is -0.366. The molecule has 0 unspecified atom stereocenters. The Morgan fingerprint density at radius 3 is 2.69 bits per heavy atom. The van der Waals surface area contributed by atoms with E-state index in [1.165, 1.54) is 12.7 Å². The number of pyridine rings is 1. The lowest BCUT2D eigenvalue weighted by Crippen LogP contribution is -2.48. The third kappa shape index (κ3) is 4.50. The number of hydrogen-bond acceptors (Lipinski definition) is 6. The van der Waals surface area contributed by atoms with Crippen LogP contribution in [0.1, 0.15) is 40.3 Å². The van der Waals surface area contributed by atoms with E-state index in [0.29, 0.717) is 23.8 Å². The number of carbonyl (C=O) groups is 2. The fourth-order valence-electron chi connectivity index (χ4n) is 4.26. The largest absolute Gasteiger partial charge is 0.465 e. The standard InChI is InChI=1S/C24H27N5O3/c1-32-24(31)18-4-5-20-21(13-18)27-22(26-20)14-19-12-16(6-7-25-19)15-28-8-10-29(11-9-28)23(30)17-2-3-17/h4-7,12-13,17H,2-3,8-11,14-15H2,1H3,(H,26,27). The smallest absolute Gasteiger partial charge is 0.337 e. The van der Waals surface area contributed by atoms with E-state index in [1.807, 2.05) is 23.2 Å². The summed E-state index contributed by atoms with van der Waals surface area (Å²) < 4.78 is 4.79. The van der Waals surface area contributed by atoms with Gasteiger partial charge in [-0.15, -0.1) is 0 Å². The van der Waals surface area contributed by atoms with Crippen LogP contribution < -0.4 is 0 Å². The first-order valence-corrected chi connectivity index (χ1v) is 11.1. The van der Waals surface area contributed by atoms with Crippen LogP contribution in [0.2, 0.25) is 0 Å². The Hall–Kier alpha value is -3.26. The summed E-state index contributed by atoms with van der Waals surface area (Å²) in [7, 11) is 1.37. The molecule has 0 atom stereocenters. The molecule has 8 heteroatoms. The van der Waals surface area contributed by atoms with Gasteiger partial charge >= 0.3 is 5.97 Å². The van der Waals surface area contributed by atoms with Crippen LogP contribution in [-0.4, -0.2) is 69.9 Å². The molecular formula is C24H27N5O3. The number of hydrogen-bond donors (Lipinski definition) is 1. The Bertz CT molecular complexity index is 1150. The number of piperazine rings is 1. The second kappa shape index (κ2) is 8.70. The molecule has 0 spiro atoms. The highest BCUT2D eigenvalue weighted by Crippen LogP contribution is 2.31. The number of ether oxygens (including phenoxy) is 1.